The molecule has 0 amide bonds. The van der Waals surface area contributed by atoms with E-state index in [4.69, 9.17) is 4.74 Å². The number of pyridine rings is 1. The molecule has 22 heavy (non-hydrogen) atoms. The Morgan fingerprint density at radius 1 is 1.27 bits per heavy atom. The number of hydrogen-bond donors (Lipinski definition) is 1. The van der Waals surface area contributed by atoms with Gasteiger partial charge in [-0.15, -0.1) is 0 Å². The first-order valence-electron chi connectivity index (χ1n) is 7.07. The van der Waals surface area contributed by atoms with Gasteiger partial charge >= 0.3 is 5.97 Å². The fourth-order valence-corrected chi connectivity index (χ4v) is 2.18. The molecule has 1 aromatic heterocycles. The van der Waals surface area contributed by atoms with Gasteiger partial charge in [-0.25, -0.2) is 9.78 Å². The normalized spacial score (nSPS) is 10.1. The molecule has 0 aliphatic carbocycles. The summed E-state index contributed by atoms with van der Waals surface area (Å²) in [7, 11) is 1.81. The highest BCUT2D eigenvalue weighted by molar-refractivity contribution is 5.89. The topological polar surface area (TPSA) is 68.3 Å². The van der Waals surface area contributed by atoms with Gasteiger partial charge in [0.05, 0.1) is 6.61 Å². The highest BCUT2D eigenvalue weighted by Gasteiger charge is 2.10. The minimum absolute atomic E-state index is 0.280. The fraction of sp³-hybridized carbons (Fsp3) is 0.235. The zero-order valence-electron chi connectivity index (χ0n) is 12.6. The lowest BCUT2D eigenvalue weighted by Crippen LogP contribution is -2.06. The van der Waals surface area contributed by atoms with Crippen LogP contribution in [0.4, 0.5) is 5.69 Å². The molecule has 2 aromatic rings. The number of nitrogens with one attached hydrogen (secondary N) is 1. The van der Waals surface area contributed by atoms with E-state index in [0.29, 0.717) is 13.0 Å². The zero-order valence-corrected chi connectivity index (χ0v) is 12.6. The summed E-state index contributed by atoms with van der Waals surface area (Å²) in [6.45, 7) is 2.07. The average Bonchev–Trinajstić information content (AvgIpc) is 2.56. The first-order chi connectivity index (χ1) is 10.7. The Labute approximate surface area is 129 Å². The standard InChI is InChI=1S/C17H18N2O3/c1-3-22-17(21)16-11-14(6-8-19-16)13-5-4-12(7-9-20)15(10-13)18-2/h4-6,8-11,18H,3,7H2,1-2H3. The number of aromatic nitrogens is 1. The Bertz CT molecular complexity index is 683. The van der Waals surface area contributed by atoms with Crippen molar-refractivity contribution in [3.63, 3.8) is 0 Å². The molecule has 0 spiro atoms. The van der Waals surface area contributed by atoms with E-state index in [1.807, 2.05) is 31.3 Å². The molecule has 0 saturated carbocycles. The van der Waals surface area contributed by atoms with Gasteiger partial charge < -0.3 is 14.8 Å². The molecule has 1 aromatic carbocycles. The van der Waals surface area contributed by atoms with Gasteiger partial charge in [0.15, 0.2) is 0 Å². The van der Waals surface area contributed by atoms with Gasteiger partial charge in [-0.1, -0.05) is 12.1 Å². The summed E-state index contributed by atoms with van der Waals surface area (Å²) in [6.07, 6.45) is 2.82. The van der Waals surface area contributed by atoms with E-state index < -0.39 is 5.97 Å². The largest absolute Gasteiger partial charge is 0.461 e. The van der Waals surface area contributed by atoms with Gasteiger partial charge in [0.25, 0.3) is 0 Å². The van der Waals surface area contributed by atoms with Crippen molar-refractivity contribution in [1.29, 1.82) is 0 Å². The number of esters is 1. The van der Waals surface area contributed by atoms with Crippen molar-refractivity contribution in [3.05, 3.63) is 47.8 Å². The highest BCUT2D eigenvalue weighted by atomic mass is 16.5. The van der Waals surface area contributed by atoms with Crippen LogP contribution in [0.3, 0.4) is 0 Å². The number of carbonyl (C=O) groups is 2. The second-order valence-corrected chi connectivity index (χ2v) is 4.64. The summed E-state index contributed by atoms with van der Waals surface area (Å²) in [5.74, 6) is -0.434. The van der Waals surface area contributed by atoms with Crippen LogP contribution >= 0.6 is 0 Å². The fourth-order valence-electron chi connectivity index (χ4n) is 2.18. The van der Waals surface area contributed by atoms with Crippen LogP contribution in [0.1, 0.15) is 23.0 Å². The molecule has 0 unspecified atom stereocenters. The van der Waals surface area contributed by atoms with Crippen LogP contribution in [0.5, 0.6) is 0 Å². The maximum Gasteiger partial charge on any atom is 0.356 e. The van der Waals surface area contributed by atoms with Gasteiger partial charge in [-0.05, 0) is 41.8 Å². The van der Waals surface area contributed by atoms with Crippen LogP contribution in [0.15, 0.2) is 36.5 Å². The second kappa shape index (κ2) is 7.36. The molecule has 0 aliphatic rings. The van der Waals surface area contributed by atoms with E-state index in [0.717, 1.165) is 28.7 Å². The minimum atomic E-state index is -0.434. The summed E-state index contributed by atoms with van der Waals surface area (Å²) in [6, 6.07) is 9.30. The Morgan fingerprint density at radius 3 is 2.73 bits per heavy atom. The Kier molecular flexibility index (Phi) is 5.25. The van der Waals surface area contributed by atoms with E-state index in [9.17, 15) is 9.59 Å². The van der Waals surface area contributed by atoms with Gasteiger partial charge in [0.2, 0.25) is 0 Å². The maximum atomic E-state index is 11.8. The average molecular weight is 298 g/mol. The smallest absolute Gasteiger partial charge is 0.356 e. The SMILES string of the molecule is CCOC(=O)c1cc(-c2ccc(CC=O)c(NC)c2)ccn1. The van der Waals surface area contributed by atoms with Crippen LogP contribution in [0.2, 0.25) is 0 Å². The lowest BCUT2D eigenvalue weighted by Gasteiger charge is -2.10. The molecule has 0 aliphatic heterocycles. The number of carbonyl (C=O) groups excluding carboxylic acids is 2. The molecule has 0 radical (unpaired) electrons. The summed E-state index contributed by atoms with van der Waals surface area (Å²) < 4.78 is 4.96. The molecule has 0 atom stereocenters. The molecular weight excluding hydrogens is 280 g/mol. The van der Waals surface area contributed by atoms with E-state index in [2.05, 4.69) is 10.3 Å². The monoisotopic (exact) mass is 298 g/mol. The van der Waals surface area contributed by atoms with E-state index in [-0.39, 0.29) is 5.69 Å². The van der Waals surface area contributed by atoms with Crippen molar-refractivity contribution >= 4 is 17.9 Å². The number of aldehydes is 1. The number of hydrogen-bond acceptors (Lipinski definition) is 5. The molecule has 1 heterocycles. The number of benzene rings is 1. The van der Waals surface area contributed by atoms with Crippen molar-refractivity contribution in [3.8, 4) is 11.1 Å². The Balaban J connectivity index is 2.37. The van der Waals surface area contributed by atoms with Crippen LogP contribution in [-0.2, 0) is 16.0 Å². The lowest BCUT2D eigenvalue weighted by molar-refractivity contribution is -0.107. The molecule has 114 valence electrons. The van der Waals surface area contributed by atoms with Crippen LogP contribution in [0, 0.1) is 0 Å². The molecule has 2 rings (SSSR count). The molecule has 5 heteroatoms. The first-order valence-corrected chi connectivity index (χ1v) is 7.07. The van der Waals surface area contributed by atoms with Crippen molar-refractivity contribution in [2.24, 2.45) is 0 Å². The molecule has 0 bridgehead atoms. The Morgan fingerprint density at radius 2 is 2.05 bits per heavy atom. The van der Waals surface area contributed by atoms with Gasteiger partial charge in [0, 0.05) is 25.4 Å². The minimum Gasteiger partial charge on any atom is -0.461 e. The van der Waals surface area contributed by atoms with Crippen LogP contribution < -0.4 is 5.32 Å². The van der Waals surface area contributed by atoms with Gasteiger partial charge in [-0.2, -0.15) is 0 Å². The molecule has 5 nitrogen and oxygen atoms in total. The molecule has 1 N–H and O–H groups in total. The molecule has 0 fully saturated rings. The van der Waals surface area contributed by atoms with Crippen molar-refractivity contribution < 1.29 is 14.3 Å². The summed E-state index contributed by atoms with van der Waals surface area (Å²) in [4.78, 5) is 26.5. The van der Waals surface area contributed by atoms with Crippen molar-refractivity contribution in [2.45, 2.75) is 13.3 Å². The maximum absolute atomic E-state index is 11.8. The van der Waals surface area contributed by atoms with Crippen molar-refractivity contribution in [1.82, 2.24) is 4.98 Å². The second-order valence-electron chi connectivity index (χ2n) is 4.64. The summed E-state index contributed by atoms with van der Waals surface area (Å²) in [5.41, 5.74) is 3.90. The third kappa shape index (κ3) is 3.49. The number of nitrogens with zero attached hydrogens (tertiary/aromatic N) is 1. The predicted molar refractivity (Wildman–Crippen MR) is 84.9 cm³/mol. The summed E-state index contributed by atoms with van der Waals surface area (Å²) in [5, 5.41) is 3.08. The summed E-state index contributed by atoms with van der Waals surface area (Å²) >= 11 is 0. The quantitative estimate of drug-likeness (QED) is 0.656. The van der Waals surface area contributed by atoms with E-state index >= 15 is 0 Å². The zero-order chi connectivity index (χ0) is 15.9. The van der Waals surface area contributed by atoms with Gasteiger partial charge in [-0.3, -0.25) is 0 Å². The molecule has 0 saturated heterocycles. The number of rotatable bonds is 6. The van der Waals surface area contributed by atoms with Gasteiger partial charge in [0.1, 0.15) is 12.0 Å². The van der Waals surface area contributed by atoms with Crippen LogP contribution in [0.25, 0.3) is 11.1 Å². The molecular formula is C17H18N2O3. The van der Waals surface area contributed by atoms with E-state index in [1.165, 1.54) is 0 Å². The third-order valence-corrected chi connectivity index (χ3v) is 3.26. The van der Waals surface area contributed by atoms with E-state index in [1.54, 1.807) is 19.2 Å². The van der Waals surface area contributed by atoms with Crippen LogP contribution in [-0.4, -0.2) is 30.9 Å². The van der Waals surface area contributed by atoms with Crippen molar-refractivity contribution in [2.75, 3.05) is 19.0 Å². The lowest BCUT2D eigenvalue weighted by atomic mass is 10.0. The first kappa shape index (κ1) is 15.7. The number of anilines is 1. The highest BCUT2D eigenvalue weighted by Crippen LogP contribution is 2.26. The predicted octanol–water partition coefficient (Wildman–Crippen LogP) is 2.71. The number of ether oxygens (including phenoxy) is 1. The third-order valence-electron chi connectivity index (χ3n) is 3.26. The Hall–Kier alpha value is -2.69.